The van der Waals surface area contributed by atoms with Crippen LogP contribution in [0.2, 0.25) is 0 Å². The Bertz CT molecular complexity index is 836. The monoisotopic (exact) mass is 360 g/mol. The van der Waals surface area contributed by atoms with Gasteiger partial charge in [-0.15, -0.1) is 0 Å². The quantitative estimate of drug-likeness (QED) is 0.841. The number of carbonyl (C=O) groups is 2. The summed E-state index contributed by atoms with van der Waals surface area (Å²) in [6.45, 7) is 0.188. The minimum atomic E-state index is -4.83. The van der Waals surface area contributed by atoms with Crippen LogP contribution in [-0.2, 0) is 10.9 Å². The van der Waals surface area contributed by atoms with Gasteiger partial charge >= 0.3 is 18.2 Å². The summed E-state index contributed by atoms with van der Waals surface area (Å²) in [4.78, 5) is 26.3. The highest BCUT2D eigenvalue weighted by molar-refractivity contribution is 5.95. The molecule has 2 amide bonds. The minimum Gasteiger partial charge on any atom is -0.446 e. The second-order valence-corrected chi connectivity index (χ2v) is 4.82. The molecule has 0 saturated carbocycles. The Hall–Kier alpha value is -3.18. The molecule has 1 fully saturated rings. The van der Waals surface area contributed by atoms with Gasteiger partial charge in [0.05, 0.1) is 12.1 Å². The maximum Gasteiger partial charge on any atom is 0.471 e. The summed E-state index contributed by atoms with van der Waals surface area (Å²) in [7, 11) is 0. The number of hydrogen-bond acceptors (Lipinski definition) is 6. The van der Waals surface area contributed by atoms with Crippen LogP contribution in [0.15, 0.2) is 22.7 Å². The van der Waals surface area contributed by atoms with Crippen LogP contribution in [0.4, 0.5) is 22.4 Å². The number of benzene rings is 1. The molecule has 0 spiro atoms. The van der Waals surface area contributed by atoms with Gasteiger partial charge in [-0.05, 0) is 12.1 Å². The van der Waals surface area contributed by atoms with Crippen LogP contribution < -0.4 is 5.43 Å². The average Bonchev–Trinajstić information content (AvgIpc) is 3.16. The summed E-state index contributed by atoms with van der Waals surface area (Å²) >= 11 is 0. The lowest BCUT2D eigenvalue weighted by molar-refractivity contribution is -0.159. The van der Waals surface area contributed by atoms with Crippen molar-refractivity contribution in [2.24, 2.45) is 0 Å². The number of amides is 2. The predicted molar refractivity (Wildman–Crippen MR) is 70.2 cm³/mol. The summed E-state index contributed by atoms with van der Waals surface area (Å²) < 4.78 is 60.0. The van der Waals surface area contributed by atoms with Crippen molar-refractivity contribution >= 4 is 12.0 Å². The lowest BCUT2D eigenvalue weighted by atomic mass is 10.1. The number of carbonyl (C=O) groups excluding carboxylic acids is 2. The molecule has 1 aromatic carbocycles. The molecule has 1 aliphatic rings. The van der Waals surface area contributed by atoms with Crippen LogP contribution in [0, 0.1) is 5.82 Å². The van der Waals surface area contributed by atoms with Gasteiger partial charge in [0.1, 0.15) is 12.4 Å². The normalized spacial score (nSPS) is 14.6. The van der Waals surface area contributed by atoms with Crippen molar-refractivity contribution in [3.8, 4) is 11.4 Å². The highest BCUT2D eigenvalue weighted by Crippen LogP contribution is 2.29. The molecule has 25 heavy (non-hydrogen) atoms. The number of aromatic nitrogens is 2. The maximum absolute atomic E-state index is 14.1. The smallest absolute Gasteiger partial charge is 0.446 e. The Morgan fingerprint density at radius 3 is 2.64 bits per heavy atom. The van der Waals surface area contributed by atoms with Crippen molar-refractivity contribution in [2.75, 3.05) is 13.2 Å². The lowest BCUT2D eigenvalue weighted by Crippen LogP contribution is -2.43. The van der Waals surface area contributed by atoms with E-state index in [1.807, 2.05) is 0 Å². The van der Waals surface area contributed by atoms with E-state index >= 15 is 0 Å². The van der Waals surface area contributed by atoms with Gasteiger partial charge < -0.3 is 9.26 Å². The number of rotatable bonds is 3. The second kappa shape index (κ2) is 6.03. The zero-order chi connectivity index (χ0) is 18.2. The number of hydrogen-bond donors (Lipinski definition) is 1. The highest BCUT2D eigenvalue weighted by Gasteiger charge is 2.38. The second-order valence-electron chi connectivity index (χ2n) is 4.82. The molecule has 1 saturated heterocycles. The largest absolute Gasteiger partial charge is 0.471 e. The molecule has 2 heterocycles. The molecule has 1 N–H and O–H groups in total. The first-order chi connectivity index (χ1) is 11.8. The third-order valence-electron chi connectivity index (χ3n) is 3.14. The van der Waals surface area contributed by atoms with E-state index in [1.165, 1.54) is 0 Å². The Balaban J connectivity index is 1.80. The van der Waals surface area contributed by atoms with Crippen LogP contribution in [0.5, 0.6) is 0 Å². The molecule has 3 rings (SSSR count). The van der Waals surface area contributed by atoms with Crippen LogP contribution in [0.25, 0.3) is 11.4 Å². The van der Waals surface area contributed by atoms with E-state index in [4.69, 9.17) is 0 Å². The Morgan fingerprint density at radius 1 is 1.32 bits per heavy atom. The van der Waals surface area contributed by atoms with Crippen LogP contribution in [-0.4, -0.2) is 40.3 Å². The lowest BCUT2D eigenvalue weighted by Gasteiger charge is -2.14. The number of cyclic esters (lactones) is 1. The highest BCUT2D eigenvalue weighted by atomic mass is 19.4. The standard InChI is InChI=1S/C13H8F4N4O4/c14-8-5-6(9-18-11(25-20-9)13(15,16)17)1-2-7(8)10(22)19-21-3-4-24-12(21)23/h1-2,5H,3-4H2,(H,19,22). The number of nitrogens with zero attached hydrogens (tertiary/aromatic N) is 3. The van der Waals surface area contributed by atoms with E-state index < -0.39 is 41.3 Å². The third kappa shape index (κ3) is 3.36. The fourth-order valence-electron chi connectivity index (χ4n) is 1.97. The molecule has 8 nitrogen and oxygen atoms in total. The number of hydrazine groups is 1. The van der Waals surface area contributed by atoms with Crippen molar-refractivity contribution in [3.05, 3.63) is 35.5 Å². The molecule has 0 aliphatic carbocycles. The number of nitrogens with one attached hydrogen (secondary N) is 1. The summed E-state index contributed by atoms with van der Waals surface area (Å²) in [6, 6.07) is 2.94. The zero-order valence-corrected chi connectivity index (χ0v) is 12.1. The summed E-state index contributed by atoms with van der Waals surface area (Å²) in [6.07, 6.45) is -5.61. The average molecular weight is 360 g/mol. The van der Waals surface area contributed by atoms with E-state index in [1.54, 1.807) is 0 Å². The molecule has 12 heteroatoms. The number of ether oxygens (including phenoxy) is 1. The van der Waals surface area contributed by atoms with Crippen molar-refractivity contribution in [1.29, 1.82) is 0 Å². The third-order valence-corrected chi connectivity index (χ3v) is 3.14. The first kappa shape index (κ1) is 16.7. The molecule has 132 valence electrons. The molecular formula is C13H8F4N4O4. The molecule has 0 bridgehead atoms. The molecule has 0 unspecified atom stereocenters. The molecule has 0 radical (unpaired) electrons. The topological polar surface area (TPSA) is 97.6 Å². The first-order valence-corrected chi connectivity index (χ1v) is 6.72. The first-order valence-electron chi connectivity index (χ1n) is 6.72. The van der Waals surface area contributed by atoms with Gasteiger partial charge in [-0.3, -0.25) is 10.2 Å². The van der Waals surface area contributed by atoms with Gasteiger partial charge in [-0.2, -0.15) is 18.2 Å². The molecular weight excluding hydrogens is 352 g/mol. The van der Waals surface area contributed by atoms with Gasteiger partial charge in [-0.1, -0.05) is 11.2 Å². The SMILES string of the molecule is O=C(NN1CCOC1=O)c1ccc(-c2noc(C(F)(F)F)n2)cc1F. The minimum absolute atomic E-state index is 0.0832. The van der Waals surface area contributed by atoms with Crippen molar-refractivity contribution in [1.82, 2.24) is 20.6 Å². The summed E-state index contributed by atoms with van der Waals surface area (Å²) in [5.41, 5.74) is 1.61. The van der Waals surface area contributed by atoms with Crippen molar-refractivity contribution < 1.29 is 36.4 Å². The Morgan fingerprint density at radius 2 is 2.08 bits per heavy atom. The zero-order valence-electron chi connectivity index (χ0n) is 12.1. The van der Waals surface area contributed by atoms with Gasteiger partial charge in [0.15, 0.2) is 0 Å². The van der Waals surface area contributed by atoms with Gasteiger partial charge in [0.25, 0.3) is 5.91 Å². The summed E-state index contributed by atoms with van der Waals surface area (Å²) in [5.74, 6) is -4.02. The van der Waals surface area contributed by atoms with E-state index in [0.717, 1.165) is 23.2 Å². The van der Waals surface area contributed by atoms with E-state index in [0.29, 0.717) is 0 Å². The van der Waals surface area contributed by atoms with Crippen LogP contribution in [0.3, 0.4) is 0 Å². The molecule has 0 atom stereocenters. The molecule has 2 aromatic rings. The van der Waals surface area contributed by atoms with Crippen molar-refractivity contribution in [2.45, 2.75) is 6.18 Å². The summed E-state index contributed by atoms with van der Waals surface area (Å²) in [5, 5.41) is 3.98. The fraction of sp³-hybridized carbons (Fsp3) is 0.231. The number of alkyl halides is 3. The Kier molecular flexibility index (Phi) is 4.02. The van der Waals surface area contributed by atoms with Gasteiger partial charge in [0, 0.05) is 5.56 Å². The fourth-order valence-corrected chi connectivity index (χ4v) is 1.97. The molecule has 1 aliphatic heterocycles. The van der Waals surface area contributed by atoms with E-state index in [9.17, 15) is 27.2 Å². The number of halogens is 4. The van der Waals surface area contributed by atoms with E-state index in [-0.39, 0.29) is 18.7 Å². The van der Waals surface area contributed by atoms with Gasteiger partial charge in [0.2, 0.25) is 5.82 Å². The Labute approximate surface area is 136 Å². The van der Waals surface area contributed by atoms with Gasteiger partial charge in [-0.25, -0.2) is 14.2 Å². The van der Waals surface area contributed by atoms with Crippen molar-refractivity contribution in [3.63, 3.8) is 0 Å². The van der Waals surface area contributed by atoms with Crippen LogP contribution in [0.1, 0.15) is 16.2 Å². The maximum atomic E-state index is 14.1. The van der Waals surface area contributed by atoms with E-state index in [2.05, 4.69) is 24.8 Å². The molecule has 1 aromatic heterocycles. The predicted octanol–water partition coefficient (Wildman–Crippen LogP) is 1.99. The van der Waals surface area contributed by atoms with Crippen LogP contribution >= 0.6 is 0 Å².